The molecule has 1 aromatic carbocycles. The largest absolute Gasteiger partial charge is 0.389 e. The molecule has 1 aliphatic rings. The normalized spacial score (nSPS) is 22.5. The summed E-state index contributed by atoms with van der Waals surface area (Å²) in [5.41, 5.74) is 6.01. The van der Waals surface area contributed by atoms with Crippen molar-refractivity contribution in [3.63, 3.8) is 0 Å². The van der Waals surface area contributed by atoms with Gasteiger partial charge in [-0.05, 0) is 24.3 Å². The van der Waals surface area contributed by atoms with Gasteiger partial charge in [0.15, 0.2) is 0 Å². The minimum Gasteiger partial charge on any atom is -0.389 e. The molecule has 1 saturated carbocycles. The Hall–Kier alpha value is -0.980. The maximum Gasteiger partial charge on any atom is 0.243 e. The van der Waals surface area contributed by atoms with E-state index in [-0.39, 0.29) is 9.88 Å². The van der Waals surface area contributed by atoms with Gasteiger partial charge in [-0.2, -0.15) is 0 Å². The quantitative estimate of drug-likeness (QED) is 0.839. The van der Waals surface area contributed by atoms with Gasteiger partial charge in [-0.25, -0.2) is 12.7 Å². The van der Waals surface area contributed by atoms with Crippen LogP contribution in [0.4, 0.5) is 0 Å². The van der Waals surface area contributed by atoms with E-state index in [1.54, 1.807) is 31.3 Å². The Kier molecular flexibility index (Phi) is 3.94. The lowest BCUT2D eigenvalue weighted by molar-refractivity contribution is 0.444. The zero-order chi connectivity index (χ0) is 14.2. The molecule has 2 N–H and O–H groups in total. The van der Waals surface area contributed by atoms with Crippen molar-refractivity contribution in [2.24, 2.45) is 17.6 Å². The van der Waals surface area contributed by atoms with Crippen molar-refractivity contribution in [1.82, 2.24) is 4.31 Å². The molecule has 0 saturated heterocycles. The van der Waals surface area contributed by atoms with E-state index in [1.807, 2.05) is 0 Å². The third-order valence-electron chi connectivity index (χ3n) is 3.61. The fraction of sp³-hybridized carbons (Fsp3) is 0.462. The molecule has 104 valence electrons. The highest BCUT2D eigenvalue weighted by Crippen LogP contribution is 2.38. The number of nitrogens with two attached hydrogens (primary N) is 1. The minimum absolute atomic E-state index is 0.104. The van der Waals surface area contributed by atoms with Crippen LogP contribution in [0.15, 0.2) is 29.2 Å². The second-order valence-electron chi connectivity index (χ2n) is 5.12. The predicted octanol–water partition coefficient (Wildman–Crippen LogP) is 1.60. The minimum atomic E-state index is -3.53. The number of sulfonamides is 1. The zero-order valence-electron chi connectivity index (χ0n) is 11.0. The van der Waals surface area contributed by atoms with Crippen molar-refractivity contribution in [2.75, 3.05) is 13.6 Å². The average molecular weight is 298 g/mol. The summed E-state index contributed by atoms with van der Waals surface area (Å²) in [5, 5.41) is 0. The molecular formula is C13H18N2O2S2. The summed E-state index contributed by atoms with van der Waals surface area (Å²) >= 11 is 4.92. The number of hydrogen-bond acceptors (Lipinski definition) is 3. The molecule has 4 nitrogen and oxygen atoms in total. The summed E-state index contributed by atoms with van der Waals surface area (Å²) in [6, 6.07) is 6.61. The summed E-state index contributed by atoms with van der Waals surface area (Å²) in [6.07, 6.45) is 1.09. The Morgan fingerprint density at radius 1 is 1.47 bits per heavy atom. The second-order valence-corrected chi connectivity index (χ2v) is 7.57. The number of hydrogen-bond donors (Lipinski definition) is 1. The van der Waals surface area contributed by atoms with E-state index in [9.17, 15) is 8.42 Å². The summed E-state index contributed by atoms with van der Waals surface area (Å²) in [4.78, 5) is 0.297. The van der Waals surface area contributed by atoms with Crippen molar-refractivity contribution in [3.8, 4) is 0 Å². The van der Waals surface area contributed by atoms with Crippen LogP contribution in [-0.2, 0) is 10.0 Å². The van der Waals surface area contributed by atoms with Crippen LogP contribution in [0, 0.1) is 11.8 Å². The monoisotopic (exact) mass is 298 g/mol. The van der Waals surface area contributed by atoms with Crippen LogP contribution >= 0.6 is 12.2 Å². The summed E-state index contributed by atoms with van der Waals surface area (Å²) < 4.78 is 26.5. The molecular weight excluding hydrogens is 280 g/mol. The third kappa shape index (κ3) is 2.96. The molecule has 1 aromatic rings. The Morgan fingerprint density at radius 3 is 2.58 bits per heavy atom. The molecule has 1 fully saturated rings. The van der Waals surface area contributed by atoms with Crippen molar-refractivity contribution in [2.45, 2.75) is 18.2 Å². The zero-order valence-corrected chi connectivity index (χ0v) is 12.7. The van der Waals surface area contributed by atoms with Gasteiger partial charge < -0.3 is 5.73 Å². The van der Waals surface area contributed by atoms with Crippen LogP contribution < -0.4 is 5.73 Å². The number of rotatable bonds is 5. The van der Waals surface area contributed by atoms with E-state index in [0.29, 0.717) is 23.9 Å². The van der Waals surface area contributed by atoms with E-state index in [2.05, 4.69) is 6.92 Å². The van der Waals surface area contributed by atoms with Crippen molar-refractivity contribution < 1.29 is 8.42 Å². The first-order valence-electron chi connectivity index (χ1n) is 6.19. The lowest BCUT2D eigenvalue weighted by atomic mass is 10.2. The second kappa shape index (κ2) is 5.19. The number of nitrogens with zero attached hydrogens (tertiary/aromatic N) is 1. The topological polar surface area (TPSA) is 63.4 Å². The molecule has 0 bridgehead atoms. The molecule has 0 aliphatic heterocycles. The lowest BCUT2D eigenvalue weighted by Crippen LogP contribution is -2.31. The van der Waals surface area contributed by atoms with Crippen LogP contribution in [-0.4, -0.2) is 31.3 Å². The van der Waals surface area contributed by atoms with Crippen molar-refractivity contribution in [3.05, 3.63) is 29.8 Å². The summed E-state index contributed by atoms with van der Waals surface area (Å²) in [5.74, 6) is 1.08. The number of thiocarbonyl (C=S) groups is 1. The first-order chi connectivity index (χ1) is 8.84. The van der Waals surface area contributed by atoms with Gasteiger partial charge in [0, 0.05) is 19.2 Å². The molecule has 6 heteroatoms. The van der Waals surface area contributed by atoms with E-state index in [0.717, 1.165) is 6.42 Å². The van der Waals surface area contributed by atoms with Gasteiger partial charge >= 0.3 is 0 Å². The summed E-state index contributed by atoms with van der Waals surface area (Å²) in [6.45, 7) is 2.68. The first kappa shape index (κ1) is 14.4. The Balaban J connectivity index is 2.31. The predicted molar refractivity (Wildman–Crippen MR) is 79.4 cm³/mol. The molecule has 0 heterocycles. The van der Waals surface area contributed by atoms with Crippen LogP contribution in [0.5, 0.6) is 0 Å². The van der Waals surface area contributed by atoms with Gasteiger partial charge in [0.25, 0.3) is 0 Å². The molecule has 19 heavy (non-hydrogen) atoms. The molecule has 2 atom stereocenters. The van der Waals surface area contributed by atoms with Gasteiger partial charge in [0.2, 0.25) is 10.0 Å². The van der Waals surface area contributed by atoms with Crippen molar-refractivity contribution >= 4 is 27.2 Å². The number of benzene rings is 1. The first-order valence-corrected chi connectivity index (χ1v) is 8.04. The highest BCUT2D eigenvalue weighted by atomic mass is 32.2. The fourth-order valence-electron chi connectivity index (χ4n) is 2.14. The fourth-order valence-corrected chi connectivity index (χ4v) is 3.82. The standard InChI is InChI=1S/C13H18N2O2S2/c1-9-7-10(9)8-15(2)19(16,17)12-6-4-3-5-11(12)13(14)18/h3-6,9-10H,7-8H2,1-2H3,(H2,14,18). The van der Waals surface area contributed by atoms with Crippen LogP contribution in [0.2, 0.25) is 0 Å². The SMILES string of the molecule is CC1CC1CN(C)S(=O)(=O)c1ccccc1C(N)=S. The van der Waals surface area contributed by atoms with E-state index >= 15 is 0 Å². The van der Waals surface area contributed by atoms with Gasteiger partial charge in [-0.3, -0.25) is 0 Å². The molecule has 0 amide bonds. The van der Waals surface area contributed by atoms with Crippen LogP contribution in [0.25, 0.3) is 0 Å². The molecule has 0 spiro atoms. The molecule has 0 radical (unpaired) electrons. The third-order valence-corrected chi connectivity index (χ3v) is 5.71. The average Bonchev–Trinajstić information content (AvgIpc) is 3.04. The molecule has 2 rings (SSSR count). The van der Waals surface area contributed by atoms with E-state index < -0.39 is 10.0 Å². The smallest absolute Gasteiger partial charge is 0.243 e. The highest BCUT2D eigenvalue weighted by Gasteiger charge is 2.36. The van der Waals surface area contributed by atoms with Gasteiger partial charge in [0.1, 0.15) is 4.99 Å². The van der Waals surface area contributed by atoms with Crippen LogP contribution in [0.3, 0.4) is 0 Å². The maximum absolute atomic E-state index is 12.5. The van der Waals surface area contributed by atoms with E-state index in [4.69, 9.17) is 18.0 Å². The molecule has 1 aliphatic carbocycles. The summed E-state index contributed by atoms with van der Waals surface area (Å²) in [7, 11) is -1.92. The Bertz CT molecular complexity index is 598. The van der Waals surface area contributed by atoms with Gasteiger partial charge in [0.05, 0.1) is 4.90 Å². The molecule has 0 aromatic heterocycles. The van der Waals surface area contributed by atoms with Crippen molar-refractivity contribution in [1.29, 1.82) is 0 Å². The van der Waals surface area contributed by atoms with Crippen LogP contribution in [0.1, 0.15) is 18.9 Å². The van der Waals surface area contributed by atoms with E-state index in [1.165, 1.54) is 4.31 Å². The Morgan fingerprint density at radius 2 is 2.05 bits per heavy atom. The lowest BCUT2D eigenvalue weighted by Gasteiger charge is -2.19. The maximum atomic E-state index is 12.5. The van der Waals surface area contributed by atoms with Gasteiger partial charge in [-0.15, -0.1) is 0 Å². The van der Waals surface area contributed by atoms with Gasteiger partial charge in [-0.1, -0.05) is 37.3 Å². The molecule has 2 unspecified atom stereocenters. The highest BCUT2D eigenvalue weighted by molar-refractivity contribution is 7.89. The Labute approximate surface area is 119 Å².